The number of likely N-dealkylation sites (tertiary alicyclic amines) is 1. The van der Waals surface area contributed by atoms with Crippen molar-refractivity contribution in [2.75, 3.05) is 6.54 Å². The van der Waals surface area contributed by atoms with Crippen LogP contribution in [0.3, 0.4) is 0 Å². The number of benzene rings is 2. The van der Waals surface area contributed by atoms with Gasteiger partial charge in [0.1, 0.15) is 12.6 Å². The number of rotatable bonds is 4. The highest BCUT2D eigenvalue weighted by Crippen LogP contribution is 2.70. The molecule has 2 aromatic carbocycles. The van der Waals surface area contributed by atoms with Crippen LogP contribution in [0, 0.1) is 29.6 Å². The molecule has 4 aliphatic carbocycles. The number of esters is 1. The molecule has 37 heavy (non-hydrogen) atoms. The van der Waals surface area contributed by atoms with Crippen molar-refractivity contribution in [3.8, 4) is 0 Å². The van der Waals surface area contributed by atoms with E-state index in [1.807, 2.05) is 48.5 Å². The van der Waals surface area contributed by atoms with Crippen molar-refractivity contribution in [3.63, 3.8) is 0 Å². The second-order valence-corrected chi connectivity index (χ2v) is 14.1. The molecule has 1 aliphatic heterocycles. The third-order valence-electron chi connectivity index (χ3n) is 9.21. The maximum atomic E-state index is 14.0. The zero-order valence-electron chi connectivity index (χ0n) is 21.2. The van der Waals surface area contributed by atoms with Crippen LogP contribution in [0.15, 0.2) is 48.5 Å². The number of imide groups is 1. The molecule has 1 saturated carbocycles. The van der Waals surface area contributed by atoms with Crippen LogP contribution in [0.5, 0.6) is 0 Å². The average molecular weight is 629 g/mol. The van der Waals surface area contributed by atoms with Gasteiger partial charge in [-0.3, -0.25) is 19.3 Å². The standard InChI is InChI=1S/C30H31Br2NO4/c1-16(2)18-13-12-17(3)14-23(18)37-24(34)15-33-27(35)25-26(28(33)36)30(32)20-9-5-4-8-19(20)29(25,31)21-10-6-7-11-22(21)30/h4-11,16-18,23,25-26H,12-15H2,1-3H3/t17-,18+,23-,25+,26+,29?,30?/m1/s1. The van der Waals surface area contributed by atoms with E-state index in [2.05, 4.69) is 52.6 Å². The Morgan fingerprint density at radius 2 is 1.38 bits per heavy atom. The maximum absolute atomic E-state index is 14.0. The fraction of sp³-hybridized carbons (Fsp3) is 0.500. The molecule has 5 atom stereocenters. The van der Waals surface area contributed by atoms with E-state index in [0.29, 0.717) is 17.8 Å². The zero-order chi connectivity index (χ0) is 26.3. The molecule has 0 radical (unpaired) electrons. The largest absolute Gasteiger partial charge is 0.461 e. The molecule has 0 unspecified atom stereocenters. The second kappa shape index (κ2) is 8.77. The summed E-state index contributed by atoms with van der Waals surface area (Å²) in [6.07, 6.45) is 2.80. The van der Waals surface area contributed by atoms with Gasteiger partial charge in [-0.2, -0.15) is 0 Å². The van der Waals surface area contributed by atoms with E-state index in [-0.39, 0.29) is 24.5 Å². The first-order valence-electron chi connectivity index (χ1n) is 13.2. The van der Waals surface area contributed by atoms with Crippen molar-refractivity contribution < 1.29 is 19.1 Å². The number of halogens is 2. The topological polar surface area (TPSA) is 63.7 Å². The molecule has 7 heteroatoms. The zero-order valence-corrected chi connectivity index (χ0v) is 24.4. The van der Waals surface area contributed by atoms with Gasteiger partial charge < -0.3 is 4.74 Å². The first-order valence-corrected chi connectivity index (χ1v) is 14.8. The predicted molar refractivity (Wildman–Crippen MR) is 147 cm³/mol. The summed E-state index contributed by atoms with van der Waals surface area (Å²) in [6.45, 7) is 6.16. The van der Waals surface area contributed by atoms with E-state index in [4.69, 9.17) is 4.74 Å². The van der Waals surface area contributed by atoms with Gasteiger partial charge in [0.15, 0.2) is 0 Å². The number of amides is 2. The third-order valence-corrected chi connectivity index (χ3v) is 11.9. The Hall–Kier alpha value is -1.99. The lowest BCUT2D eigenvalue weighted by atomic mass is 9.54. The molecule has 5 aliphatic rings. The number of ether oxygens (including phenoxy) is 1. The van der Waals surface area contributed by atoms with Crippen LogP contribution in [-0.4, -0.2) is 35.3 Å². The highest BCUT2D eigenvalue weighted by atomic mass is 79.9. The molecule has 5 nitrogen and oxygen atoms in total. The van der Waals surface area contributed by atoms with Gasteiger partial charge in [-0.15, -0.1) is 0 Å². The molecule has 2 amide bonds. The Morgan fingerprint density at radius 3 is 1.81 bits per heavy atom. The van der Waals surface area contributed by atoms with Gasteiger partial charge in [0, 0.05) is 0 Å². The van der Waals surface area contributed by atoms with Crippen molar-refractivity contribution >= 4 is 49.6 Å². The summed E-state index contributed by atoms with van der Waals surface area (Å²) < 4.78 is 4.27. The minimum Gasteiger partial charge on any atom is -0.461 e. The molecule has 0 aromatic heterocycles. The summed E-state index contributed by atoms with van der Waals surface area (Å²) in [5.74, 6) is -1.31. The molecule has 2 bridgehead atoms. The summed E-state index contributed by atoms with van der Waals surface area (Å²) >= 11 is 7.99. The molecule has 0 spiro atoms. The Kier molecular flexibility index (Phi) is 6.00. The van der Waals surface area contributed by atoms with Crippen LogP contribution in [-0.2, 0) is 27.8 Å². The van der Waals surface area contributed by atoms with Crippen molar-refractivity contribution in [2.45, 2.75) is 54.8 Å². The highest BCUT2D eigenvalue weighted by Gasteiger charge is 2.72. The Balaban J connectivity index is 1.34. The summed E-state index contributed by atoms with van der Waals surface area (Å²) in [5, 5.41) is 0. The first-order chi connectivity index (χ1) is 17.6. The third kappa shape index (κ3) is 3.42. The molecular weight excluding hydrogens is 598 g/mol. The summed E-state index contributed by atoms with van der Waals surface area (Å²) in [7, 11) is 0. The summed E-state index contributed by atoms with van der Waals surface area (Å²) in [4.78, 5) is 42.4. The lowest BCUT2D eigenvalue weighted by Gasteiger charge is -2.55. The van der Waals surface area contributed by atoms with Gasteiger partial charge in [0.2, 0.25) is 11.8 Å². The van der Waals surface area contributed by atoms with Crippen LogP contribution in [0.25, 0.3) is 0 Å². The lowest BCUT2D eigenvalue weighted by Crippen LogP contribution is -2.56. The maximum Gasteiger partial charge on any atom is 0.326 e. The molecule has 2 fully saturated rings. The van der Waals surface area contributed by atoms with Crippen molar-refractivity contribution in [1.29, 1.82) is 0 Å². The van der Waals surface area contributed by atoms with E-state index in [1.165, 1.54) is 0 Å². The predicted octanol–water partition coefficient (Wildman–Crippen LogP) is 5.90. The minimum absolute atomic E-state index is 0.180. The van der Waals surface area contributed by atoms with E-state index in [9.17, 15) is 14.4 Å². The number of nitrogens with zero attached hydrogens (tertiary/aromatic N) is 1. The van der Waals surface area contributed by atoms with Gasteiger partial charge in [0.25, 0.3) is 0 Å². The quantitative estimate of drug-likeness (QED) is 0.240. The van der Waals surface area contributed by atoms with Gasteiger partial charge in [-0.05, 0) is 52.8 Å². The first kappa shape index (κ1) is 25.3. The molecule has 2 aromatic rings. The van der Waals surface area contributed by atoms with E-state index in [1.54, 1.807) is 0 Å². The second-order valence-electron chi connectivity index (χ2n) is 11.6. The Bertz CT molecular complexity index is 1180. The van der Waals surface area contributed by atoms with Crippen molar-refractivity contribution in [2.24, 2.45) is 29.6 Å². The summed E-state index contributed by atoms with van der Waals surface area (Å²) in [6, 6.07) is 15.9. The smallest absolute Gasteiger partial charge is 0.326 e. The summed E-state index contributed by atoms with van der Waals surface area (Å²) in [5.41, 5.74) is 3.92. The average Bonchev–Trinajstić information content (AvgIpc) is 3.13. The molecule has 1 heterocycles. The molecule has 0 N–H and O–H groups in total. The van der Waals surface area contributed by atoms with Crippen molar-refractivity contribution in [1.82, 2.24) is 4.90 Å². The molecular formula is C30H31Br2NO4. The van der Waals surface area contributed by atoms with Crippen LogP contribution >= 0.6 is 31.9 Å². The van der Waals surface area contributed by atoms with Crippen LogP contribution in [0.2, 0.25) is 0 Å². The Morgan fingerprint density at radius 1 is 0.919 bits per heavy atom. The number of hydrogen-bond donors (Lipinski definition) is 0. The fourth-order valence-electron chi connectivity index (χ4n) is 7.47. The number of carbonyl (C=O) groups is 3. The molecule has 7 rings (SSSR count). The highest BCUT2D eigenvalue weighted by molar-refractivity contribution is 9.10. The van der Waals surface area contributed by atoms with Gasteiger partial charge >= 0.3 is 5.97 Å². The number of carbonyl (C=O) groups excluding carboxylic acids is 3. The Labute approximate surface area is 234 Å². The van der Waals surface area contributed by atoms with E-state index >= 15 is 0 Å². The fourth-order valence-corrected chi connectivity index (χ4v) is 9.77. The lowest BCUT2D eigenvalue weighted by molar-refractivity contribution is -0.161. The number of hydrogen-bond acceptors (Lipinski definition) is 4. The van der Waals surface area contributed by atoms with Gasteiger partial charge in [-0.1, -0.05) is 108 Å². The van der Waals surface area contributed by atoms with Gasteiger partial charge in [0.05, 0.1) is 20.5 Å². The minimum atomic E-state index is -0.854. The molecule has 1 saturated heterocycles. The van der Waals surface area contributed by atoms with Crippen molar-refractivity contribution in [3.05, 3.63) is 70.8 Å². The SMILES string of the molecule is CC(C)[C@@H]1CC[C@@H](C)C[C@H]1OC(=O)CN1C(=O)[C@@H]2[C@@H](C1=O)C1(Br)c3ccccc3C2(Br)c2ccccc21. The van der Waals surface area contributed by atoms with Crippen LogP contribution in [0.1, 0.15) is 62.3 Å². The number of alkyl halides is 2. The van der Waals surface area contributed by atoms with E-state index < -0.39 is 26.5 Å². The monoisotopic (exact) mass is 627 g/mol. The van der Waals surface area contributed by atoms with Crippen LogP contribution in [0.4, 0.5) is 0 Å². The molecule has 194 valence electrons. The van der Waals surface area contributed by atoms with Crippen LogP contribution < -0.4 is 0 Å². The van der Waals surface area contributed by atoms with Gasteiger partial charge in [-0.25, -0.2) is 0 Å². The normalized spacial score (nSPS) is 35.8. The van der Waals surface area contributed by atoms with E-state index in [0.717, 1.165) is 46.4 Å².